The van der Waals surface area contributed by atoms with Crippen molar-refractivity contribution in [3.8, 4) is 0 Å². The zero-order valence-corrected chi connectivity index (χ0v) is 23.5. The first kappa shape index (κ1) is 39.2. The molecule has 2 aliphatic heterocycles. The van der Waals surface area contributed by atoms with Gasteiger partial charge in [0.05, 0.1) is 18.2 Å². The molecule has 0 radical (unpaired) electrons. The number of furan rings is 1. The maximum absolute atomic E-state index is 10.6. The van der Waals surface area contributed by atoms with Gasteiger partial charge < -0.3 is 29.2 Å². The Morgan fingerprint density at radius 3 is 1.62 bits per heavy atom. The average Bonchev–Trinajstić information content (AvgIpc) is 3.51. The minimum atomic E-state index is -5.08. The summed E-state index contributed by atoms with van der Waals surface area (Å²) in [5.74, 6) is -7.03. The van der Waals surface area contributed by atoms with Gasteiger partial charge in [0.2, 0.25) is 0 Å². The number of fused-ring (bicyclic) bond motifs is 1. The second-order valence-electron chi connectivity index (χ2n) is 9.46. The van der Waals surface area contributed by atoms with E-state index in [-0.39, 0.29) is 0 Å². The molecule has 0 atom stereocenters. The molecule has 21 heteroatoms. The fraction of sp³-hybridized carbons (Fsp3) is 0.583. The molecule has 0 bridgehead atoms. The summed E-state index contributed by atoms with van der Waals surface area (Å²) in [5, 5.41) is 21.4. The SMILES string of the molecule is CN1CCN(Cc2cnc3n2CCN(Cc2ccoc2)CC3)CC1.O=C(O)C(F)(F)F.O=C(O)C(F)(F)F.O=C(O)C(F)(F)F. The predicted octanol–water partition coefficient (Wildman–Crippen LogP) is 3.18. The van der Waals surface area contributed by atoms with Gasteiger partial charge in [-0.3, -0.25) is 9.80 Å². The number of alkyl halides is 9. The summed E-state index contributed by atoms with van der Waals surface area (Å²) < 4.78 is 103. The van der Waals surface area contributed by atoms with E-state index in [2.05, 4.69) is 38.6 Å². The van der Waals surface area contributed by atoms with E-state index in [0.29, 0.717) is 0 Å². The van der Waals surface area contributed by atoms with Crippen molar-refractivity contribution in [1.29, 1.82) is 0 Å². The van der Waals surface area contributed by atoms with Crippen LogP contribution in [0, 0.1) is 0 Å². The normalized spacial score (nSPS) is 16.4. The van der Waals surface area contributed by atoms with Crippen LogP contribution in [-0.4, -0.2) is 122 Å². The van der Waals surface area contributed by atoms with Crippen molar-refractivity contribution >= 4 is 17.9 Å². The van der Waals surface area contributed by atoms with Crippen LogP contribution in [0.25, 0.3) is 0 Å². The quantitative estimate of drug-likeness (QED) is 0.411. The highest BCUT2D eigenvalue weighted by Crippen LogP contribution is 2.17. The number of hydrogen-bond acceptors (Lipinski definition) is 8. The van der Waals surface area contributed by atoms with Crippen molar-refractivity contribution in [2.45, 2.75) is 44.6 Å². The maximum Gasteiger partial charge on any atom is 0.490 e. The Balaban J connectivity index is 0.000000396. The molecule has 0 saturated carbocycles. The van der Waals surface area contributed by atoms with Gasteiger partial charge in [0.25, 0.3) is 0 Å². The molecular formula is C24H30F9N5O7. The van der Waals surface area contributed by atoms with Gasteiger partial charge in [0.1, 0.15) is 5.82 Å². The molecule has 1 fully saturated rings. The molecule has 2 aromatic rings. The summed E-state index contributed by atoms with van der Waals surface area (Å²) in [6, 6.07) is 2.06. The Morgan fingerprint density at radius 2 is 1.20 bits per heavy atom. The second kappa shape index (κ2) is 17.0. The highest BCUT2D eigenvalue weighted by atomic mass is 19.4. The standard InChI is InChI=1S/C18H27N5O.3C2HF3O2/c1-20-5-7-22(8-6-20)14-17-12-19-18-2-4-21(9-10-23(17)18)13-16-3-11-24-15-16;3*3-2(4,5)1(6)7/h3,11-12,15H,2,4-10,13-14H2,1H3;3*(H,6,7). The average molecular weight is 672 g/mol. The van der Waals surface area contributed by atoms with Gasteiger partial charge in [-0.15, -0.1) is 0 Å². The summed E-state index contributed by atoms with van der Waals surface area (Å²) in [6.07, 6.45) is -8.52. The number of aromatic nitrogens is 2. The van der Waals surface area contributed by atoms with Crippen LogP contribution < -0.4 is 0 Å². The smallest absolute Gasteiger partial charge is 0.475 e. The first-order valence-electron chi connectivity index (χ1n) is 12.7. The van der Waals surface area contributed by atoms with Crippen molar-refractivity contribution in [1.82, 2.24) is 24.3 Å². The molecule has 0 amide bonds. The monoisotopic (exact) mass is 671 g/mol. The number of carbonyl (C=O) groups is 3. The molecule has 256 valence electrons. The van der Waals surface area contributed by atoms with Gasteiger partial charge in [0.15, 0.2) is 0 Å². The number of carboxylic acids is 3. The molecule has 1 saturated heterocycles. The molecule has 0 spiro atoms. The first-order valence-corrected chi connectivity index (χ1v) is 12.7. The molecule has 2 aliphatic rings. The van der Waals surface area contributed by atoms with E-state index in [0.717, 1.165) is 52.2 Å². The molecule has 3 N–H and O–H groups in total. The lowest BCUT2D eigenvalue weighted by Gasteiger charge is -2.32. The molecule has 2 aromatic heterocycles. The Kier molecular flexibility index (Phi) is 14.8. The van der Waals surface area contributed by atoms with E-state index in [9.17, 15) is 39.5 Å². The van der Waals surface area contributed by atoms with Crippen molar-refractivity contribution in [2.24, 2.45) is 0 Å². The molecule has 45 heavy (non-hydrogen) atoms. The van der Waals surface area contributed by atoms with E-state index < -0.39 is 36.4 Å². The van der Waals surface area contributed by atoms with Gasteiger partial charge in [-0.25, -0.2) is 19.4 Å². The Hall–Kier alpha value is -3.85. The van der Waals surface area contributed by atoms with Crippen LogP contribution in [0.1, 0.15) is 17.1 Å². The molecule has 4 rings (SSSR count). The highest BCUT2D eigenvalue weighted by Gasteiger charge is 2.39. The second-order valence-corrected chi connectivity index (χ2v) is 9.46. The lowest BCUT2D eigenvalue weighted by Crippen LogP contribution is -2.44. The zero-order valence-electron chi connectivity index (χ0n) is 23.5. The molecular weight excluding hydrogens is 641 g/mol. The summed E-state index contributed by atoms with van der Waals surface area (Å²) in [5.41, 5.74) is 2.63. The van der Waals surface area contributed by atoms with Gasteiger partial charge in [0, 0.05) is 77.1 Å². The molecule has 0 unspecified atom stereocenters. The number of halogens is 9. The number of rotatable bonds is 4. The summed E-state index contributed by atoms with van der Waals surface area (Å²) >= 11 is 0. The number of nitrogens with zero attached hydrogens (tertiary/aromatic N) is 5. The van der Waals surface area contributed by atoms with E-state index in [1.807, 2.05) is 6.26 Å². The van der Waals surface area contributed by atoms with Crippen LogP contribution in [0.15, 0.2) is 29.2 Å². The third kappa shape index (κ3) is 15.1. The predicted molar refractivity (Wildman–Crippen MR) is 134 cm³/mol. The Labute approximate surface area is 249 Å². The highest BCUT2D eigenvalue weighted by molar-refractivity contribution is 5.73. The van der Waals surface area contributed by atoms with Gasteiger partial charge in [-0.05, 0) is 13.1 Å². The third-order valence-electron chi connectivity index (χ3n) is 6.01. The largest absolute Gasteiger partial charge is 0.490 e. The number of carboxylic acid groups (broad SMARTS) is 3. The number of likely N-dealkylation sites (N-methyl/N-ethyl adjacent to an activating group) is 1. The number of hydrogen-bond donors (Lipinski definition) is 3. The molecule has 12 nitrogen and oxygen atoms in total. The summed E-state index contributed by atoms with van der Waals surface area (Å²) in [7, 11) is 2.21. The molecule has 0 aromatic carbocycles. The van der Waals surface area contributed by atoms with Crippen LogP contribution in [0.2, 0.25) is 0 Å². The van der Waals surface area contributed by atoms with Gasteiger partial charge >= 0.3 is 36.4 Å². The third-order valence-corrected chi connectivity index (χ3v) is 6.01. The van der Waals surface area contributed by atoms with Crippen LogP contribution in [0.4, 0.5) is 39.5 Å². The fourth-order valence-electron chi connectivity index (χ4n) is 3.70. The van der Waals surface area contributed by atoms with Crippen molar-refractivity contribution < 1.29 is 73.6 Å². The minimum Gasteiger partial charge on any atom is -0.475 e. The first-order chi connectivity index (χ1) is 20.6. The summed E-state index contributed by atoms with van der Waals surface area (Å²) in [6.45, 7) is 9.82. The lowest BCUT2D eigenvalue weighted by molar-refractivity contribution is -0.193. The van der Waals surface area contributed by atoms with Crippen LogP contribution >= 0.6 is 0 Å². The van der Waals surface area contributed by atoms with Crippen molar-refractivity contribution in [2.75, 3.05) is 46.3 Å². The number of aliphatic carboxylic acids is 3. The van der Waals surface area contributed by atoms with E-state index in [4.69, 9.17) is 39.1 Å². The fourth-order valence-corrected chi connectivity index (χ4v) is 3.70. The Bertz CT molecular complexity index is 1150. The lowest BCUT2D eigenvalue weighted by atomic mass is 10.3. The van der Waals surface area contributed by atoms with Crippen LogP contribution in [0.5, 0.6) is 0 Å². The van der Waals surface area contributed by atoms with Gasteiger partial charge in [-0.2, -0.15) is 39.5 Å². The van der Waals surface area contributed by atoms with Crippen LogP contribution in [0.3, 0.4) is 0 Å². The van der Waals surface area contributed by atoms with E-state index in [1.54, 1.807) is 6.26 Å². The molecule has 4 heterocycles. The number of piperazine rings is 1. The van der Waals surface area contributed by atoms with E-state index >= 15 is 0 Å². The van der Waals surface area contributed by atoms with Gasteiger partial charge in [-0.1, -0.05) is 0 Å². The van der Waals surface area contributed by atoms with E-state index in [1.165, 1.54) is 30.2 Å². The Morgan fingerprint density at radius 1 is 0.756 bits per heavy atom. The van der Waals surface area contributed by atoms with Crippen LogP contribution in [-0.2, 0) is 40.4 Å². The zero-order chi connectivity index (χ0) is 34.6. The van der Waals surface area contributed by atoms with Crippen molar-refractivity contribution in [3.05, 3.63) is 41.9 Å². The van der Waals surface area contributed by atoms with Crippen molar-refractivity contribution in [3.63, 3.8) is 0 Å². The topological polar surface area (TPSA) is 153 Å². The minimum absolute atomic E-state index is 0.967. The molecule has 0 aliphatic carbocycles. The summed E-state index contributed by atoms with van der Waals surface area (Å²) in [4.78, 5) is 38.9. The number of imidazole rings is 1. The maximum atomic E-state index is 10.6.